The lowest BCUT2D eigenvalue weighted by molar-refractivity contribution is -0.121. The van der Waals surface area contributed by atoms with Crippen LogP contribution in [0.25, 0.3) is 0 Å². The van der Waals surface area contributed by atoms with Crippen LogP contribution in [0.15, 0.2) is 30.3 Å². The van der Waals surface area contributed by atoms with Gasteiger partial charge in [-0.15, -0.1) is 0 Å². The molecule has 1 aliphatic heterocycles. The Morgan fingerprint density at radius 2 is 2.00 bits per heavy atom. The zero-order valence-electron chi connectivity index (χ0n) is 11.5. The highest BCUT2D eigenvalue weighted by Gasteiger charge is 2.28. The fourth-order valence-electron chi connectivity index (χ4n) is 2.09. The van der Waals surface area contributed by atoms with Crippen molar-refractivity contribution in [3.63, 3.8) is 0 Å². The molecule has 0 aliphatic carbocycles. The Morgan fingerprint density at radius 1 is 1.25 bits per heavy atom. The molecule has 1 saturated heterocycles. The van der Waals surface area contributed by atoms with E-state index >= 15 is 0 Å². The van der Waals surface area contributed by atoms with Crippen LogP contribution >= 0.6 is 0 Å². The molecule has 1 aromatic carbocycles. The average molecular weight is 276 g/mol. The highest BCUT2D eigenvalue weighted by molar-refractivity contribution is 5.95. The maximum Gasteiger partial charge on any atom is 0.269 e. The number of carbonyl (C=O) groups is 2. The third-order valence-corrected chi connectivity index (χ3v) is 3.40. The van der Waals surface area contributed by atoms with Crippen molar-refractivity contribution < 1.29 is 9.59 Å². The van der Waals surface area contributed by atoms with Gasteiger partial charge in [-0.2, -0.15) is 0 Å². The van der Waals surface area contributed by atoms with Gasteiger partial charge in [-0.1, -0.05) is 18.2 Å². The third kappa shape index (κ3) is 4.04. The molecule has 0 radical (unpaired) electrons. The number of hydrogen-bond donors (Lipinski definition) is 4. The van der Waals surface area contributed by atoms with E-state index in [4.69, 9.17) is 0 Å². The number of nitrogens with one attached hydrogen (secondary N) is 4. The van der Waals surface area contributed by atoms with E-state index in [1.807, 2.05) is 6.07 Å². The molecule has 4 N–H and O–H groups in total. The van der Waals surface area contributed by atoms with Crippen molar-refractivity contribution in [3.05, 3.63) is 35.9 Å². The minimum atomic E-state index is -0.326. The zero-order chi connectivity index (χ0) is 14.4. The van der Waals surface area contributed by atoms with Crippen LogP contribution in [0.5, 0.6) is 0 Å². The second kappa shape index (κ2) is 6.49. The Morgan fingerprint density at radius 3 is 2.65 bits per heavy atom. The summed E-state index contributed by atoms with van der Waals surface area (Å²) in [4.78, 5) is 23.4. The minimum absolute atomic E-state index is 0.0548. The predicted molar refractivity (Wildman–Crippen MR) is 75.9 cm³/mol. The van der Waals surface area contributed by atoms with Crippen LogP contribution in [-0.2, 0) is 4.79 Å². The van der Waals surface area contributed by atoms with Gasteiger partial charge in [-0.3, -0.25) is 20.4 Å². The summed E-state index contributed by atoms with van der Waals surface area (Å²) in [6.45, 7) is 4.04. The van der Waals surface area contributed by atoms with E-state index in [1.165, 1.54) is 0 Å². The lowest BCUT2D eigenvalue weighted by Crippen LogP contribution is -2.51. The molecule has 1 fully saturated rings. The number of amides is 2. The van der Waals surface area contributed by atoms with Gasteiger partial charge in [0.1, 0.15) is 0 Å². The Balaban J connectivity index is 1.71. The molecule has 1 atom stereocenters. The van der Waals surface area contributed by atoms with Crippen LogP contribution in [0.3, 0.4) is 0 Å². The Labute approximate surface area is 118 Å². The maximum atomic E-state index is 11.7. The van der Waals surface area contributed by atoms with Crippen molar-refractivity contribution >= 4 is 11.8 Å². The van der Waals surface area contributed by atoms with E-state index in [-0.39, 0.29) is 23.9 Å². The highest BCUT2D eigenvalue weighted by Crippen LogP contribution is 2.12. The molecule has 0 saturated carbocycles. The van der Waals surface area contributed by atoms with E-state index in [0.717, 1.165) is 19.5 Å². The summed E-state index contributed by atoms with van der Waals surface area (Å²) in [5.41, 5.74) is 5.25. The second-order valence-corrected chi connectivity index (χ2v) is 5.21. The van der Waals surface area contributed by atoms with Gasteiger partial charge in [-0.25, -0.2) is 0 Å². The Bertz CT molecular complexity index is 469. The molecule has 6 nitrogen and oxygen atoms in total. The molecule has 1 aliphatic rings. The van der Waals surface area contributed by atoms with Crippen molar-refractivity contribution in [2.24, 2.45) is 0 Å². The number of benzene rings is 1. The third-order valence-electron chi connectivity index (χ3n) is 3.40. The first-order valence-corrected chi connectivity index (χ1v) is 6.69. The summed E-state index contributed by atoms with van der Waals surface area (Å²) >= 11 is 0. The van der Waals surface area contributed by atoms with Crippen LogP contribution in [0, 0.1) is 0 Å². The molecule has 0 aromatic heterocycles. The summed E-state index contributed by atoms with van der Waals surface area (Å²) in [6, 6.07) is 8.74. The Hall–Kier alpha value is -1.92. The second-order valence-electron chi connectivity index (χ2n) is 5.21. The molecule has 108 valence electrons. The van der Waals surface area contributed by atoms with Crippen LogP contribution in [-0.4, -0.2) is 37.0 Å². The van der Waals surface area contributed by atoms with Gasteiger partial charge in [0.2, 0.25) is 0 Å². The molecule has 2 rings (SSSR count). The number of hydrazine groups is 1. The number of rotatable bonds is 4. The normalized spacial score (nSPS) is 21.4. The fraction of sp³-hybridized carbons (Fsp3) is 0.429. The lowest BCUT2D eigenvalue weighted by Gasteiger charge is -2.24. The quantitative estimate of drug-likeness (QED) is 0.574. The van der Waals surface area contributed by atoms with Crippen molar-refractivity contribution in [1.82, 2.24) is 21.5 Å². The Kier molecular flexibility index (Phi) is 4.70. The van der Waals surface area contributed by atoms with Crippen LogP contribution in [0.1, 0.15) is 23.7 Å². The van der Waals surface area contributed by atoms with Crippen LogP contribution in [0.2, 0.25) is 0 Å². The smallest absolute Gasteiger partial charge is 0.269 e. The predicted octanol–water partition coefficient (Wildman–Crippen LogP) is -0.211. The van der Waals surface area contributed by atoms with Gasteiger partial charge in [0.15, 0.2) is 0 Å². The summed E-state index contributed by atoms with van der Waals surface area (Å²) in [5.74, 6) is -0.588. The molecular weight excluding hydrogens is 256 g/mol. The van der Waals surface area contributed by atoms with Gasteiger partial charge < -0.3 is 10.6 Å². The van der Waals surface area contributed by atoms with Crippen molar-refractivity contribution in [2.45, 2.75) is 18.9 Å². The molecular formula is C14H20N4O2. The molecule has 0 spiro atoms. The van der Waals surface area contributed by atoms with Gasteiger partial charge in [0, 0.05) is 17.6 Å². The lowest BCUT2D eigenvalue weighted by atomic mass is 10.0. The summed E-state index contributed by atoms with van der Waals surface area (Å²) in [7, 11) is 0. The SMILES string of the molecule is CC1(NCC(=O)NNC(=O)c2ccccc2)CCNC1. The van der Waals surface area contributed by atoms with E-state index in [1.54, 1.807) is 24.3 Å². The monoisotopic (exact) mass is 276 g/mol. The van der Waals surface area contributed by atoms with Crippen LogP contribution in [0.4, 0.5) is 0 Å². The van der Waals surface area contributed by atoms with Gasteiger partial charge in [0.05, 0.1) is 6.54 Å². The summed E-state index contributed by atoms with van der Waals surface area (Å²) < 4.78 is 0. The first-order chi connectivity index (χ1) is 9.59. The number of carbonyl (C=O) groups excluding carboxylic acids is 2. The summed E-state index contributed by atoms with van der Waals surface area (Å²) in [6.07, 6.45) is 0.983. The fourth-order valence-corrected chi connectivity index (χ4v) is 2.09. The topological polar surface area (TPSA) is 82.3 Å². The largest absolute Gasteiger partial charge is 0.315 e. The van der Waals surface area contributed by atoms with E-state index < -0.39 is 0 Å². The molecule has 6 heteroatoms. The van der Waals surface area contributed by atoms with Crippen molar-refractivity contribution in [2.75, 3.05) is 19.6 Å². The molecule has 1 heterocycles. The first-order valence-electron chi connectivity index (χ1n) is 6.69. The molecule has 20 heavy (non-hydrogen) atoms. The van der Waals surface area contributed by atoms with Crippen LogP contribution < -0.4 is 21.5 Å². The summed E-state index contributed by atoms with van der Waals surface area (Å²) in [5, 5.41) is 6.44. The molecule has 0 bridgehead atoms. The van der Waals surface area contributed by atoms with E-state index in [9.17, 15) is 9.59 Å². The standard InChI is InChI=1S/C14H20N4O2/c1-14(7-8-15-10-14)16-9-12(19)17-18-13(20)11-5-3-2-4-6-11/h2-6,15-16H,7-10H2,1H3,(H,17,19)(H,18,20). The van der Waals surface area contributed by atoms with Crippen molar-refractivity contribution in [1.29, 1.82) is 0 Å². The van der Waals surface area contributed by atoms with Gasteiger partial charge >= 0.3 is 0 Å². The van der Waals surface area contributed by atoms with Gasteiger partial charge in [0.25, 0.3) is 11.8 Å². The minimum Gasteiger partial charge on any atom is -0.315 e. The first kappa shape index (κ1) is 14.5. The number of hydrogen-bond acceptors (Lipinski definition) is 4. The van der Waals surface area contributed by atoms with E-state index in [2.05, 4.69) is 28.4 Å². The maximum absolute atomic E-state index is 11.7. The average Bonchev–Trinajstić information content (AvgIpc) is 2.91. The highest BCUT2D eigenvalue weighted by atomic mass is 16.2. The molecule has 2 amide bonds. The van der Waals surface area contributed by atoms with Crippen molar-refractivity contribution in [3.8, 4) is 0 Å². The van der Waals surface area contributed by atoms with E-state index in [0.29, 0.717) is 5.56 Å². The van der Waals surface area contributed by atoms with Gasteiger partial charge in [-0.05, 0) is 32.0 Å². The molecule has 1 unspecified atom stereocenters. The molecule has 1 aromatic rings. The zero-order valence-corrected chi connectivity index (χ0v) is 11.5.